The summed E-state index contributed by atoms with van der Waals surface area (Å²) in [7, 11) is 0. The van der Waals surface area contributed by atoms with E-state index in [4.69, 9.17) is 5.73 Å². The number of ketones is 1. The van der Waals surface area contributed by atoms with E-state index < -0.39 is 13.0 Å². The Morgan fingerprint density at radius 3 is 2.51 bits per heavy atom. The minimum Gasteiger partial charge on any atom is -0.344 e. The van der Waals surface area contributed by atoms with Crippen LogP contribution in [0.2, 0.25) is 0 Å². The van der Waals surface area contributed by atoms with Crippen LogP contribution in [-0.4, -0.2) is 33.3 Å². The molecule has 5 rings (SSSR count). The van der Waals surface area contributed by atoms with Crippen LogP contribution in [-0.2, 0) is 17.8 Å². The Hall–Kier alpha value is -3.63. The van der Waals surface area contributed by atoms with Gasteiger partial charge in [-0.1, -0.05) is 24.3 Å². The monoisotopic (exact) mass is 540 g/mol. The van der Waals surface area contributed by atoms with Crippen molar-refractivity contribution in [2.24, 2.45) is 11.7 Å². The topological polar surface area (TPSA) is 83.0 Å². The third-order valence-electron chi connectivity index (χ3n) is 7.48. The van der Waals surface area contributed by atoms with Gasteiger partial charge >= 0.3 is 6.36 Å². The quantitative estimate of drug-likeness (QED) is 0.207. The minimum atomic E-state index is -4.74. The molecule has 39 heavy (non-hydrogen) atoms. The Balaban J connectivity index is 1.44. The molecule has 6 nitrogen and oxygen atoms in total. The van der Waals surface area contributed by atoms with Gasteiger partial charge in [0.25, 0.3) is 0 Å². The highest BCUT2D eigenvalue weighted by molar-refractivity contribution is 6.13. The van der Waals surface area contributed by atoms with Gasteiger partial charge in [0.15, 0.2) is 5.78 Å². The predicted octanol–water partition coefficient (Wildman–Crippen LogP) is 6.39. The van der Waals surface area contributed by atoms with Crippen LogP contribution in [0.1, 0.15) is 53.1 Å². The molecule has 0 radical (unpaired) electrons. The maximum absolute atomic E-state index is 14.6. The lowest BCUT2D eigenvalue weighted by atomic mass is 9.75. The van der Waals surface area contributed by atoms with E-state index in [-0.39, 0.29) is 30.0 Å². The number of fused-ring (bicyclic) bond motifs is 1. The van der Waals surface area contributed by atoms with Crippen LogP contribution in [0.4, 0.5) is 17.6 Å². The molecule has 1 fully saturated rings. The van der Waals surface area contributed by atoms with Crippen LogP contribution >= 0.6 is 0 Å². The number of carbonyl (C=O) groups is 1. The van der Waals surface area contributed by atoms with Gasteiger partial charge in [-0.2, -0.15) is 0 Å². The minimum absolute atomic E-state index is 0.00145. The van der Waals surface area contributed by atoms with E-state index in [0.717, 1.165) is 11.1 Å². The zero-order valence-corrected chi connectivity index (χ0v) is 21.1. The normalized spacial score (nSPS) is 18.0. The SMILES string of the molecule is NCc1ccc(F)c(C2CCC(C(=O)c3cn(CCOC(F)(F)F)c4cccc(-c5cncnc5)c34)CC2)c1. The number of nitrogens with two attached hydrogens (primary N) is 1. The summed E-state index contributed by atoms with van der Waals surface area (Å²) in [5, 5.41) is 0.646. The van der Waals surface area contributed by atoms with Crippen molar-refractivity contribution in [3.63, 3.8) is 0 Å². The fourth-order valence-electron chi connectivity index (χ4n) is 5.58. The second-order valence-corrected chi connectivity index (χ2v) is 9.83. The highest BCUT2D eigenvalue weighted by Gasteiger charge is 2.32. The maximum Gasteiger partial charge on any atom is 0.522 e. The van der Waals surface area contributed by atoms with Crippen LogP contribution in [0.25, 0.3) is 22.0 Å². The number of hydrogen-bond donors (Lipinski definition) is 1. The van der Waals surface area contributed by atoms with Gasteiger partial charge in [-0.05, 0) is 60.4 Å². The van der Waals surface area contributed by atoms with Gasteiger partial charge in [-0.25, -0.2) is 14.4 Å². The van der Waals surface area contributed by atoms with Crippen molar-refractivity contribution in [2.75, 3.05) is 6.61 Å². The van der Waals surface area contributed by atoms with Crippen molar-refractivity contribution < 1.29 is 27.1 Å². The average molecular weight is 541 g/mol. The smallest absolute Gasteiger partial charge is 0.344 e. The first kappa shape index (κ1) is 27.0. The van der Waals surface area contributed by atoms with Gasteiger partial charge in [0.05, 0.1) is 6.61 Å². The Morgan fingerprint density at radius 1 is 1.08 bits per heavy atom. The second-order valence-electron chi connectivity index (χ2n) is 9.83. The standard InChI is InChI=1S/C29H28F4N4O2/c30-25-9-4-18(13-34)12-23(25)19-5-7-20(8-6-19)28(38)24-16-37(10-11-39-29(31,32)33)26-3-1-2-22(27(24)26)21-14-35-17-36-15-21/h1-4,9,12,14-17,19-20H,5-8,10-11,13,34H2. The number of rotatable bonds is 8. The van der Waals surface area contributed by atoms with Crippen molar-refractivity contribution in [1.29, 1.82) is 0 Å². The molecule has 1 aliphatic carbocycles. The number of carbonyl (C=O) groups excluding carboxylic acids is 1. The Kier molecular flexibility index (Phi) is 7.76. The van der Waals surface area contributed by atoms with Gasteiger partial charge < -0.3 is 10.3 Å². The van der Waals surface area contributed by atoms with E-state index in [2.05, 4.69) is 14.7 Å². The van der Waals surface area contributed by atoms with E-state index in [0.29, 0.717) is 59.8 Å². The van der Waals surface area contributed by atoms with Gasteiger partial charge in [-0.3, -0.25) is 9.53 Å². The maximum atomic E-state index is 14.6. The summed E-state index contributed by atoms with van der Waals surface area (Å²) in [4.78, 5) is 22.1. The Bertz CT molecular complexity index is 1460. The molecule has 1 aliphatic rings. The van der Waals surface area contributed by atoms with E-state index >= 15 is 0 Å². The molecule has 0 spiro atoms. The summed E-state index contributed by atoms with van der Waals surface area (Å²) in [6.45, 7) is -0.340. The molecular formula is C29H28F4N4O2. The lowest BCUT2D eigenvalue weighted by Crippen LogP contribution is -2.22. The van der Waals surface area contributed by atoms with Crippen LogP contribution in [0.3, 0.4) is 0 Å². The number of benzene rings is 2. The van der Waals surface area contributed by atoms with Crippen molar-refractivity contribution >= 4 is 16.7 Å². The molecule has 2 aromatic heterocycles. The highest BCUT2D eigenvalue weighted by atomic mass is 19.4. The molecule has 2 aromatic carbocycles. The van der Waals surface area contributed by atoms with Gasteiger partial charge in [0.2, 0.25) is 0 Å². The largest absolute Gasteiger partial charge is 0.522 e. The summed E-state index contributed by atoms with van der Waals surface area (Å²) >= 11 is 0. The van der Waals surface area contributed by atoms with Crippen molar-refractivity contribution in [3.05, 3.63) is 83.8 Å². The van der Waals surface area contributed by atoms with Crippen molar-refractivity contribution in [2.45, 2.75) is 51.1 Å². The first-order valence-corrected chi connectivity index (χ1v) is 12.9. The fraction of sp³-hybridized carbons (Fsp3) is 0.345. The lowest BCUT2D eigenvalue weighted by molar-refractivity contribution is -0.325. The summed E-state index contributed by atoms with van der Waals surface area (Å²) in [5.41, 5.74) is 9.72. The molecule has 0 amide bonds. The lowest BCUT2D eigenvalue weighted by Gasteiger charge is -2.28. The molecule has 10 heteroatoms. The van der Waals surface area contributed by atoms with Crippen molar-refractivity contribution in [3.8, 4) is 11.1 Å². The molecule has 0 unspecified atom stereocenters. The highest BCUT2D eigenvalue weighted by Crippen LogP contribution is 2.40. The van der Waals surface area contributed by atoms with Gasteiger partial charge in [-0.15, -0.1) is 13.2 Å². The number of hydrogen-bond acceptors (Lipinski definition) is 5. The van der Waals surface area contributed by atoms with Crippen LogP contribution in [0.15, 0.2) is 61.3 Å². The third-order valence-corrected chi connectivity index (χ3v) is 7.48. The first-order chi connectivity index (χ1) is 18.7. The Labute approximate surface area is 222 Å². The summed E-state index contributed by atoms with van der Waals surface area (Å²) < 4.78 is 58.1. The second kappa shape index (κ2) is 11.2. The van der Waals surface area contributed by atoms with Crippen LogP contribution in [0, 0.1) is 11.7 Å². The summed E-state index contributed by atoms with van der Waals surface area (Å²) in [5.74, 6) is -0.624. The summed E-state index contributed by atoms with van der Waals surface area (Å²) in [6, 6.07) is 10.3. The van der Waals surface area contributed by atoms with E-state index in [1.165, 1.54) is 12.4 Å². The van der Waals surface area contributed by atoms with Gasteiger partial charge in [0, 0.05) is 59.6 Å². The average Bonchev–Trinajstić information content (AvgIpc) is 3.31. The zero-order valence-electron chi connectivity index (χ0n) is 21.1. The summed E-state index contributed by atoms with van der Waals surface area (Å²) in [6.07, 6.45) is 4.01. The van der Waals surface area contributed by atoms with E-state index in [9.17, 15) is 22.4 Å². The molecule has 0 bridgehead atoms. The molecule has 4 aromatic rings. The molecule has 0 saturated heterocycles. The number of ether oxygens (including phenoxy) is 1. The number of Topliss-reactive ketones (excluding diaryl/α,β-unsaturated/α-hetero) is 1. The number of aromatic nitrogens is 3. The van der Waals surface area contributed by atoms with Crippen molar-refractivity contribution in [1.82, 2.24) is 14.5 Å². The molecule has 2 heterocycles. The molecule has 0 atom stereocenters. The molecule has 2 N–H and O–H groups in total. The molecular weight excluding hydrogens is 512 g/mol. The van der Waals surface area contributed by atoms with E-state index in [1.807, 2.05) is 12.1 Å². The predicted molar refractivity (Wildman–Crippen MR) is 138 cm³/mol. The molecule has 0 aliphatic heterocycles. The number of nitrogens with zero attached hydrogens (tertiary/aromatic N) is 3. The first-order valence-electron chi connectivity index (χ1n) is 12.9. The van der Waals surface area contributed by atoms with E-state index in [1.54, 1.807) is 41.4 Å². The fourth-order valence-corrected chi connectivity index (χ4v) is 5.58. The van der Waals surface area contributed by atoms with Crippen LogP contribution < -0.4 is 5.73 Å². The number of halogens is 4. The van der Waals surface area contributed by atoms with Crippen LogP contribution in [0.5, 0.6) is 0 Å². The Morgan fingerprint density at radius 2 is 1.82 bits per heavy atom. The molecule has 1 saturated carbocycles. The number of alkyl halides is 3. The molecule has 204 valence electrons. The third kappa shape index (κ3) is 5.86. The zero-order chi connectivity index (χ0) is 27.6. The van der Waals surface area contributed by atoms with Gasteiger partial charge in [0.1, 0.15) is 12.1 Å².